The number of fused-ring (bicyclic) bond motifs is 2. The maximum absolute atomic E-state index is 13.5. The monoisotopic (exact) mass is 454 g/mol. The maximum Gasteiger partial charge on any atom is 0.330 e. The Morgan fingerprint density at radius 1 is 1.00 bits per heavy atom. The second-order valence-electron chi connectivity index (χ2n) is 8.38. The number of para-hydroxylation sites is 2. The zero-order valence-corrected chi connectivity index (χ0v) is 18.9. The predicted octanol–water partition coefficient (Wildman–Crippen LogP) is 6.05. The molecule has 0 spiro atoms. The SMILES string of the molecule is CC(C)CCC(c1nc2ccc(Br)cc2[nH]1)n1c(=O)n(C(C)C)c2ccccc21. The van der Waals surface area contributed by atoms with Gasteiger partial charge in [0.1, 0.15) is 5.82 Å². The largest absolute Gasteiger partial charge is 0.340 e. The van der Waals surface area contributed by atoms with Gasteiger partial charge in [-0.2, -0.15) is 0 Å². The van der Waals surface area contributed by atoms with E-state index in [9.17, 15) is 4.79 Å². The smallest absolute Gasteiger partial charge is 0.330 e. The van der Waals surface area contributed by atoms with Gasteiger partial charge in [-0.25, -0.2) is 9.78 Å². The van der Waals surface area contributed by atoms with Crippen molar-refractivity contribution in [1.29, 1.82) is 0 Å². The number of halogens is 1. The summed E-state index contributed by atoms with van der Waals surface area (Å²) in [6.07, 6.45) is 1.86. The number of hydrogen-bond donors (Lipinski definition) is 1. The zero-order valence-electron chi connectivity index (χ0n) is 17.3. The summed E-state index contributed by atoms with van der Waals surface area (Å²) in [6, 6.07) is 14.0. The minimum Gasteiger partial charge on any atom is -0.340 e. The summed E-state index contributed by atoms with van der Waals surface area (Å²) in [4.78, 5) is 21.9. The fourth-order valence-electron chi connectivity index (χ4n) is 4.03. The molecular formula is C23H27BrN4O. The zero-order chi connectivity index (χ0) is 20.7. The molecule has 1 unspecified atom stereocenters. The topological polar surface area (TPSA) is 55.6 Å². The summed E-state index contributed by atoms with van der Waals surface area (Å²) in [5.74, 6) is 1.39. The highest BCUT2D eigenvalue weighted by molar-refractivity contribution is 9.10. The first-order chi connectivity index (χ1) is 13.9. The number of rotatable bonds is 6. The van der Waals surface area contributed by atoms with Gasteiger partial charge in [0.05, 0.1) is 28.1 Å². The van der Waals surface area contributed by atoms with Gasteiger partial charge in [0.25, 0.3) is 0 Å². The molecule has 2 aromatic carbocycles. The molecule has 5 nitrogen and oxygen atoms in total. The Labute approximate surface area is 178 Å². The van der Waals surface area contributed by atoms with Gasteiger partial charge in [-0.05, 0) is 62.9 Å². The molecule has 2 aromatic heterocycles. The Bertz CT molecular complexity index is 1210. The number of H-pyrrole nitrogens is 1. The standard InChI is InChI=1S/C23H27BrN4O/c1-14(2)9-12-21(22-25-17-11-10-16(24)13-18(17)26-22)28-20-8-6-5-7-19(20)27(15(3)4)23(28)29/h5-8,10-11,13-15,21H,9,12H2,1-4H3,(H,25,26). The Morgan fingerprint density at radius 3 is 2.34 bits per heavy atom. The molecule has 6 heteroatoms. The van der Waals surface area contributed by atoms with Crippen LogP contribution in [-0.4, -0.2) is 19.1 Å². The van der Waals surface area contributed by atoms with E-state index in [1.54, 1.807) is 0 Å². The number of aromatic amines is 1. The van der Waals surface area contributed by atoms with Crippen molar-refractivity contribution < 1.29 is 0 Å². The van der Waals surface area contributed by atoms with Gasteiger partial charge in [-0.3, -0.25) is 9.13 Å². The molecule has 0 fully saturated rings. The Kier molecular flexibility index (Phi) is 5.38. The minimum absolute atomic E-state index is 0.0246. The fraction of sp³-hybridized carbons (Fsp3) is 0.391. The van der Waals surface area contributed by atoms with Crippen LogP contribution < -0.4 is 5.69 Å². The first kappa shape index (κ1) is 20.0. The molecule has 152 valence electrons. The lowest BCUT2D eigenvalue weighted by molar-refractivity contribution is 0.438. The molecule has 4 aromatic rings. The summed E-state index contributed by atoms with van der Waals surface area (Å²) in [6.45, 7) is 8.54. The highest BCUT2D eigenvalue weighted by Gasteiger charge is 2.25. The van der Waals surface area contributed by atoms with Gasteiger partial charge in [-0.15, -0.1) is 0 Å². The van der Waals surface area contributed by atoms with E-state index < -0.39 is 0 Å². The average molecular weight is 455 g/mol. The van der Waals surface area contributed by atoms with Crippen LogP contribution in [0.5, 0.6) is 0 Å². The van der Waals surface area contributed by atoms with Crippen LogP contribution in [0.4, 0.5) is 0 Å². The van der Waals surface area contributed by atoms with Crippen molar-refractivity contribution in [2.45, 2.75) is 52.6 Å². The molecule has 4 rings (SSSR count). The first-order valence-electron chi connectivity index (χ1n) is 10.2. The molecule has 1 atom stereocenters. The van der Waals surface area contributed by atoms with Gasteiger partial charge in [0.2, 0.25) is 0 Å². The fourth-order valence-corrected chi connectivity index (χ4v) is 4.39. The van der Waals surface area contributed by atoms with Crippen LogP contribution in [0.25, 0.3) is 22.1 Å². The Hall–Kier alpha value is -2.34. The molecule has 2 heterocycles. The number of benzene rings is 2. The summed E-state index contributed by atoms with van der Waals surface area (Å²) < 4.78 is 4.83. The molecule has 0 aliphatic rings. The van der Waals surface area contributed by atoms with E-state index in [2.05, 4.69) is 48.6 Å². The van der Waals surface area contributed by atoms with Gasteiger partial charge in [-0.1, -0.05) is 41.9 Å². The van der Waals surface area contributed by atoms with Crippen LogP contribution in [0.3, 0.4) is 0 Å². The quantitative estimate of drug-likeness (QED) is 0.385. The summed E-state index contributed by atoms with van der Waals surface area (Å²) in [5.41, 5.74) is 3.85. The molecule has 1 N–H and O–H groups in total. The number of imidazole rings is 2. The van der Waals surface area contributed by atoms with Crippen molar-refractivity contribution in [1.82, 2.24) is 19.1 Å². The van der Waals surface area contributed by atoms with Crippen molar-refractivity contribution in [2.24, 2.45) is 5.92 Å². The summed E-state index contributed by atoms with van der Waals surface area (Å²) in [5, 5.41) is 0. The predicted molar refractivity (Wildman–Crippen MR) is 123 cm³/mol. The van der Waals surface area contributed by atoms with Crippen LogP contribution in [-0.2, 0) is 0 Å². The molecule has 0 saturated heterocycles. The molecule has 0 radical (unpaired) electrons. The second-order valence-corrected chi connectivity index (χ2v) is 9.29. The number of aromatic nitrogens is 4. The van der Waals surface area contributed by atoms with E-state index in [1.165, 1.54) is 0 Å². The van der Waals surface area contributed by atoms with Crippen molar-refractivity contribution in [3.05, 3.63) is 63.2 Å². The van der Waals surface area contributed by atoms with Crippen LogP contribution >= 0.6 is 15.9 Å². The Balaban J connectivity index is 1.94. The highest BCUT2D eigenvalue weighted by Crippen LogP contribution is 2.29. The van der Waals surface area contributed by atoms with Crippen molar-refractivity contribution in [3.8, 4) is 0 Å². The highest BCUT2D eigenvalue weighted by atomic mass is 79.9. The van der Waals surface area contributed by atoms with E-state index in [-0.39, 0.29) is 17.8 Å². The molecule has 29 heavy (non-hydrogen) atoms. The molecule has 0 bridgehead atoms. The van der Waals surface area contributed by atoms with E-state index in [0.717, 1.165) is 45.2 Å². The van der Waals surface area contributed by atoms with Gasteiger partial charge in [0, 0.05) is 10.5 Å². The van der Waals surface area contributed by atoms with E-state index in [4.69, 9.17) is 4.98 Å². The molecule has 0 aliphatic carbocycles. The Morgan fingerprint density at radius 2 is 1.69 bits per heavy atom. The van der Waals surface area contributed by atoms with Crippen LogP contribution in [0.15, 0.2) is 51.7 Å². The minimum atomic E-state index is -0.138. The van der Waals surface area contributed by atoms with Gasteiger partial charge >= 0.3 is 5.69 Å². The molecular weight excluding hydrogens is 428 g/mol. The lowest BCUT2D eigenvalue weighted by Gasteiger charge is -2.18. The number of nitrogens with zero attached hydrogens (tertiary/aromatic N) is 3. The van der Waals surface area contributed by atoms with Crippen LogP contribution in [0, 0.1) is 5.92 Å². The van der Waals surface area contributed by atoms with Crippen molar-refractivity contribution in [2.75, 3.05) is 0 Å². The normalized spacial score (nSPS) is 13.2. The van der Waals surface area contributed by atoms with Gasteiger partial charge in [0.15, 0.2) is 0 Å². The lowest BCUT2D eigenvalue weighted by Crippen LogP contribution is -2.29. The number of hydrogen-bond acceptors (Lipinski definition) is 2. The third-order valence-electron chi connectivity index (χ3n) is 5.44. The van der Waals surface area contributed by atoms with Crippen molar-refractivity contribution in [3.63, 3.8) is 0 Å². The van der Waals surface area contributed by atoms with E-state index in [1.807, 2.05) is 51.6 Å². The molecule has 0 aliphatic heterocycles. The molecule has 0 amide bonds. The second kappa shape index (κ2) is 7.82. The average Bonchev–Trinajstić information content (AvgIpc) is 3.20. The summed E-state index contributed by atoms with van der Waals surface area (Å²) in [7, 11) is 0. The first-order valence-corrected chi connectivity index (χ1v) is 11.0. The van der Waals surface area contributed by atoms with E-state index >= 15 is 0 Å². The lowest BCUT2D eigenvalue weighted by atomic mass is 10.0. The summed E-state index contributed by atoms with van der Waals surface area (Å²) >= 11 is 3.53. The van der Waals surface area contributed by atoms with Crippen LogP contribution in [0.1, 0.15) is 58.4 Å². The maximum atomic E-state index is 13.5. The third kappa shape index (κ3) is 3.66. The van der Waals surface area contributed by atoms with Crippen molar-refractivity contribution >= 4 is 38.0 Å². The van der Waals surface area contributed by atoms with Crippen LogP contribution in [0.2, 0.25) is 0 Å². The van der Waals surface area contributed by atoms with Gasteiger partial charge < -0.3 is 4.98 Å². The molecule has 0 saturated carbocycles. The third-order valence-corrected chi connectivity index (χ3v) is 5.93. The number of nitrogens with one attached hydrogen (secondary N) is 1. The van der Waals surface area contributed by atoms with E-state index in [0.29, 0.717) is 5.92 Å².